The maximum Gasteiger partial charge on any atom is 0.417 e. The Labute approximate surface area is 68.9 Å². The summed E-state index contributed by atoms with van der Waals surface area (Å²) in [6.07, 6.45) is -3.51. The van der Waals surface area contributed by atoms with E-state index in [1.165, 1.54) is 6.07 Å². The molecule has 1 aromatic heterocycles. The first-order valence-corrected chi connectivity index (χ1v) is 3.25. The molecular weight excluding hydrogens is 169 g/mol. The molecule has 0 saturated carbocycles. The summed E-state index contributed by atoms with van der Waals surface area (Å²) in [7, 11) is 1.59. The van der Waals surface area contributed by atoms with Gasteiger partial charge in [-0.25, -0.2) is 4.98 Å². The first-order valence-electron chi connectivity index (χ1n) is 3.25. The van der Waals surface area contributed by atoms with Crippen LogP contribution in [0.15, 0.2) is 18.3 Å². The second kappa shape index (κ2) is 3.00. The molecule has 5 heteroatoms. The Morgan fingerprint density at radius 2 is 2.08 bits per heavy atom. The van der Waals surface area contributed by atoms with Crippen molar-refractivity contribution < 1.29 is 14.6 Å². The van der Waals surface area contributed by atoms with Crippen LogP contribution >= 0.6 is 0 Å². The number of nitrogens with one attached hydrogen (secondary N) is 1. The van der Waals surface area contributed by atoms with Gasteiger partial charge in [-0.15, -0.1) is 0 Å². The normalized spacial score (nSPS) is 11.3. The molecule has 0 saturated heterocycles. The highest BCUT2D eigenvalue weighted by Gasteiger charge is 2.30. The second-order valence-electron chi connectivity index (χ2n) is 2.18. The molecule has 0 bridgehead atoms. The van der Waals surface area contributed by atoms with Gasteiger partial charge in [0, 0.05) is 14.7 Å². The Kier molecular flexibility index (Phi) is 2.21. The first kappa shape index (κ1) is 8.83. The molecule has 0 aliphatic rings. The molecule has 0 radical (unpaired) electrons. The minimum absolute atomic E-state index is 0. The summed E-state index contributed by atoms with van der Waals surface area (Å²) >= 11 is 0. The third-order valence-electron chi connectivity index (χ3n) is 1.35. The van der Waals surface area contributed by atoms with E-state index in [-0.39, 0.29) is 1.43 Å². The zero-order chi connectivity index (χ0) is 9.19. The summed E-state index contributed by atoms with van der Waals surface area (Å²) in [5.74, 6) is 0.419. The monoisotopic (exact) mass is 178 g/mol. The van der Waals surface area contributed by atoms with E-state index >= 15 is 0 Å². The summed E-state index contributed by atoms with van der Waals surface area (Å²) in [5.41, 5.74) is -0.735. The lowest BCUT2D eigenvalue weighted by Crippen LogP contribution is -2.05. The largest absolute Gasteiger partial charge is 0.417 e. The van der Waals surface area contributed by atoms with Crippen molar-refractivity contribution in [1.29, 1.82) is 0 Å². The standard InChI is InChI=1S/C7H7F3N2.H2/c1-11-6-3-2-5(4-12-6)7(8,9)10;/h2-4H,1H3,(H,11,12);1H. The molecule has 0 atom stereocenters. The molecule has 0 aliphatic carbocycles. The molecule has 0 aromatic carbocycles. The Morgan fingerprint density at radius 1 is 1.42 bits per heavy atom. The summed E-state index contributed by atoms with van der Waals surface area (Å²) in [4.78, 5) is 3.53. The van der Waals surface area contributed by atoms with Gasteiger partial charge in [-0.3, -0.25) is 0 Å². The number of pyridine rings is 1. The van der Waals surface area contributed by atoms with E-state index in [0.29, 0.717) is 5.82 Å². The van der Waals surface area contributed by atoms with Gasteiger partial charge >= 0.3 is 6.18 Å². The maximum atomic E-state index is 12.0. The van der Waals surface area contributed by atoms with E-state index in [1.807, 2.05) is 0 Å². The third kappa shape index (κ3) is 1.87. The van der Waals surface area contributed by atoms with Gasteiger partial charge in [-0.1, -0.05) is 0 Å². The van der Waals surface area contributed by atoms with Crippen molar-refractivity contribution in [2.45, 2.75) is 6.18 Å². The van der Waals surface area contributed by atoms with Gasteiger partial charge in [0.1, 0.15) is 5.82 Å². The number of alkyl halides is 3. The number of aromatic nitrogens is 1. The Balaban J connectivity index is 0.00000144. The third-order valence-corrected chi connectivity index (χ3v) is 1.35. The quantitative estimate of drug-likeness (QED) is 0.714. The fourth-order valence-corrected chi connectivity index (χ4v) is 0.709. The lowest BCUT2D eigenvalue weighted by Gasteiger charge is -2.05. The minimum atomic E-state index is -4.31. The molecule has 12 heavy (non-hydrogen) atoms. The average Bonchev–Trinajstić information content (AvgIpc) is 2.03. The predicted octanol–water partition coefficient (Wildman–Crippen LogP) is 2.39. The summed E-state index contributed by atoms with van der Waals surface area (Å²) in [5, 5.41) is 2.63. The predicted molar refractivity (Wildman–Crippen MR) is 40.9 cm³/mol. The van der Waals surface area contributed by atoms with Crippen LogP contribution in [0.3, 0.4) is 0 Å². The van der Waals surface area contributed by atoms with Crippen molar-refractivity contribution in [3.8, 4) is 0 Å². The van der Waals surface area contributed by atoms with E-state index in [9.17, 15) is 13.2 Å². The second-order valence-corrected chi connectivity index (χ2v) is 2.18. The van der Waals surface area contributed by atoms with Gasteiger partial charge in [-0.05, 0) is 12.1 Å². The first-order chi connectivity index (χ1) is 5.54. The SMILES string of the molecule is CNc1ccc(C(F)(F)F)cn1.[HH]. The van der Waals surface area contributed by atoms with E-state index in [0.717, 1.165) is 12.3 Å². The lowest BCUT2D eigenvalue weighted by atomic mass is 10.3. The topological polar surface area (TPSA) is 24.9 Å². The van der Waals surface area contributed by atoms with E-state index < -0.39 is 11.7 Å². The van der Waals surface area contributed by atoms with Crippen LogP contribution in [0.2, 0.25) is 0 Å². The molecule has 68 valence electrons. The lowest BCUT2D eigenvalue weighted by molar-refractivity contribution is -0.137. The minimum Gasteiger partial charge on any atom is -0.373 e. The van der Waals surface area contributed by atoms with E-state index in [4.69, 9.17) is 0 Å². The van der Waals surface area contributed by atoms with Crippen molar-refractivity contribution >= 4 is 5.82 Å². The van der Waals surface area contributed by atoms with Crippen LogP contribution in [0.25, 0.3) is 0 Å². The highest BCUT2D eigenvalue weighted by molar-refractivity contribution is 5.35. The van der Waals surface area contributed by atoms with Gasteiger partial charge < -0.3 is 5.32 Å². The van der Waals surface area contributed by atoms with Crippen molar-refractivity contribution in [2.75, 3.05) is 12.4 Å². The molecule has 1 heterocycles. The van der Waals surface area contributed by atoms with Crippen LogP contribution in [-0.2, 0) is 6.18 Å². The van der Waals surface area contributed by atoms with Gasteiger partial charge in [-0.2, -0.15) is 13.2 Å². The fraction of sp³-hybridized carbons (Fsp3) is 0.286. The van der Waals surface area contributed by atoms with Crippen LogP contribution < -0.4 is 5.32 Å². The van der Waals surface area contributed by atoms with Crippen molar-refractivity contribution in [3.05, 3.63) is 23.9 Å². The summed E-state index contributed by atoms with van der Waals surface area (Å²) in [6, 6.07) is 2.27. The molecule has 0 spiro atoms. The molecule has 1 aromatic rings. The highest BCUT2D eigenvalue weighted by Crippen LogP contribution is 2.28. The van der Waals surface area contributed by atoms with Crippen LogP contribution in [0, 0.1) is 0 Å². The molecule has 0 fully saturated rings. The van der Waals surface area contributed by atoms with E-state index in [1.54, 1.807) is 7.05 Å². The highest BCUT2D eigenvalue weighted by atomic mass is 19.4. The van der Waals surface area contributed by atoms with Gasteiger partial charge in [0.2, 0.25) is 0 Å². The molecular formula is C7H9F3N2. The average molecular weight is 178 g/mol. The zero-order valence-electron chi connectivity index (χ0n) is 6.31. The Bertz CT molecular complexity index is 257. The molecule has 2 nitrogen and oxygen atoms in total. The number of anilines is 1. The maximum absolute atomic E-state index is 12.0. The molecule has 0 unspecified atom stereocenters. The van der Waals surface area contributed by atoms with Gasteiger partial charge in [0.15, 0.2) is 0 Å². The van der Waals surface area contributed by atoms with Crippen LogP contribution in [0.5, 0.6) is 0 Å². The van der Waals surface area contributed by atoms with Crippen molar-refractivity contribution in [3.63, 3.8) is 0 Å². The Hall–Kier alpha value is -1.26. The summed E-state index contributed by atoms with van der Waals surface area (Å²) < 4.78 is 35.9. The number of halogens is 3. The van der Waals surface area contributed by atoms with Gasteiger partial charge in [0.25, 0.3) is 0 Å². The van der Waals surface area contributed by atoms with Gasteiger partial charge in [0.05, 0.1) is 5.56 Å². The number of rotatable bonds is 1. The van der Waals surface area contributed by atoms with Crippen LogP contribution in [0.4, 0.5) is 19.0 Å². The van der Waals surface area contributed by atoms with Crippen molar-refractivity contribution in [2.24, 2.45) is 0 Å². The molecule has 1 N–H and O–H groups in total. The number of hydrogen-bond donors (Lipinski definition) is 1. The van der Waals surface area contributed by atoms with E-state index in [2.05, 4.69) is 10.3 Å². The van der Waals surface area contributed by atoms with Crippen molar-refractivity contribution in [1.82, 2.24) is 4.98 Å². The molecule has 1 rings (SSSR count). The van der Waals surface area contributed by atoms with Crippen LogP contribution in [0.1, 0.15) is 6.99 Å². The molecule has 0 aliphatic heterocycles. The zero-order valence-corrected chi connectivity index (χ0v) is 6.31. The van der Waals surface area contributed by atoms with Crippen LogP contribution in [-0.4, -0.2) is 12.0 Å². The summed E-state index contributed by atoms with van der Waals surface area (Å²) in [6.45, 7) is 0. The number of nitrogens with zero attached hydrogens (tertiary/aromatic N) is 1. The number of hydrogen-bond acceptors (Lipinski definition) is 2. The Morgan fingerprint density at radius 3 is 2.42 bits per heavy atom. The fourth-order valence-electron chi connectivity index (χ4n) is 0.709. The molecule has 0 amide bonds. The smallest absolute Gasteiger partial charge is 0.373 e.